The molecule has 0 fully saturated rings. The fourth-order valence-electron chi connectivity index (χ4n) is 1.15. The molecule has 0 N–H and O–H groups in total. The molecule has 102 valence electrons. The van der Waals surface area contributed by atoms with Crippen molar-refractivity contribution in [1.29, 1.82) is 0 Å². The van der Waals surface area contributed by atoms with Gasteiger partial charge in [0.15, 0.2) is 11.6 Å². The highest BCUT2D eigenvalue weighted by atomic mass is 35.5. The summed E-state index contributed by atoms with van der Waals surface area (Å²) in [5.74, 6) is -0.734. The number of rotatable bonds is 5. The Bertz CT molecular complexity index is 518. The maximum absolute atomic E-state index is 13.4. The van der Waals surface area contributed by atoms with Crippen LogP contribution in [0, 0.1) is 5.82 Å². The fraction of sp³-hybridized carbons (Fsp3) is 0.333. The van der Waals surface area contributed by atoms with Gasteiger partial charge in [0, 0.05) is 6.07 Å². The third-order valence-electron chi connectivity index (χ3n) is 2.08. The van der Waals surface area contributed by atoms with Crippen molar-refractivity contribution in [1.82, 2.24) is 0 Å². The number of carbonyl (C=O) groups is 1. The quantitative estimate of drug-likeness (QED) is 0.264. The van der Waals surface area contributed by atoms with Gasteiger partial charge in [-0.3, -0.25) is 0 Å². The van der Waals surface area contributed by atoms with E-state index in [1.807, 2.05) is 12.1 Å². The zero-order valence-corrected chi connectivity index (χ0v) is 11.7. The van der Waals surface area contributed by atoms with Crippen LogP contribution in [0.4, 0.5) is 14.9 Å². The van der Waals surface area contributed by atoms with Crippen molar-refractivity contribution in [3.63, 3.8) is 0 Å². The number of nitrogens with zero attached hydrogens (tertiary/aromatic N) is 1. The maximum Gasteiger partial charge on any atom is 0.513 e. The second-order valence-electron chi connectivity index (χ2n) is 3.49. The molecule has 7 heteroatoms. The van der Waals surface area contributed by atoms with Crippen LogP contribution in [0.25, 0.3) is 0 Å². The van der Waals surface area contributed by atoms with Crippen LogP contribution in [-0.2, 0) is 4.74 Å². The van der Waals surface area contributed by atoms with E-state index >= 15 is 0 Å². The Kier molecular flexibility index (Phi) is 6.42. The number of ether oxygens (including phenoxy) is 2. The van der Waals surface area contributed by atoms with E-state index in [1.165, 1.54) is 0 Å². The van der Waals surface area contributed by atoms with Gasteiger partial charge in [0.05, 0.1) is 16.8 Å². The van der Waals surface area contributed by atoms with Crippen molar-refractivity contribution < 1.29 is 18.7 Å². The van der Waals surface area contributed by atoms with E-state index in [-0.39, 0.29) is 23.1 Å². The summed E-state index contributed by atoms with van der Waals surface area (Å²) in [5.41, 5.74) is -0.115. The van der Waals surface area contributed by atoms with E-state index in [0.717, 1.165) is 25.0 Å². The summed E-state index contributed by atoms with van der Waals surface area (Å²) in [4.78, 5) is 14.8. The molecule has 0 bridgehead atoms. The van der Waals surface area contributed by atoms with E-state index in [9.17, 15) is 9.18 Å². The minimum Gasteiger partial charge on any atom is -0.434 e. The number of aliphatic imine (C=N–C) groups is 1. The Morgan fingerprint density at radius 3 is 2.95 bits per heavy atom. The zero-order valence-electron chi connectivity index (χ0n) is 10.1. The van der Waals surface area contributed by atoms with Gasteiger partial charge in [0.1, 0.15) is 5.69 Å². The van der Waals surface area contributed by atoms with Crippen molar-refractivity contribution in [2.45, 2.75) is 19.8 Å². The van der Waals surface area contributed by atoms with Gasteiger partial charge in [-0.25, -0.2) is 9.18 Å². The average Bonchev–Trinajstić information content (AvgIpc) is 2.35. The fourth-order valence-corrected chi connectivity index (χ4v) is 1.44. The zero-order chi connectivity index (χ0) is 14.3. The van der Waals surface area contributed by atoms with E-state index < -0.39 is 12.0 Å². The van der Waals surface area contributed by atoms with Crippen LogP contribution >= 0.6 is 23.8 Å². The van der Waals surface area contributed by atoms with Gasteiger partial charge in [-0.1, -0.05) is 24.9 Å². The number of benzene rings is 1. The van der Waals surface area contributed by atoms with Crippen LogP contribution in [-0.4, -0.2) is 17.9 Å². The molecule has 19 heavy (non-hydrogen) atoms. The maximum atomic E-state index is 13.4. The van der Waals surface area contributed by atoms with Crippen LogP contribution in [0.2, 0.25) is 5.02 Å². The largest absolute Gasteiger partial charge is 0.513 e. The lowest BCUT2D eigenvalue weighted by molar-refractivity contribution is 0.0978. The summed E-state index contributed by atoms with van der Waals surface area (Å²) < 4.78 is 23.0. The highest BCUT2D eigenvalue weighted by Crippen LogP contribution is 2.32. The second-order valence-corrected chi connectivity index (χ2v) is 4.08. The normalized spacial score (nSPS) is 9.63. The summed E-state index contributed by atoms with van der Waals surface area (Å²) in [7, 11) is 0. The van der Waals surface area contributed by atoms with Gasteiger partial charge in [0.2, 0.25) is 0 Å². The molecule has 0 unspecified atom stereocenters. The Morgan fingerprint density at radius 1 is 1.58 bits per heavy atom. The van der Waals surface area contributed by atoms with Crippen molar-refractivity contribution in [3.8, 4) is 5.75 Å². The molecule has 0 spiro atoms. The Morgan fingerprint density at radius 2 is 2.32 bits per heavy atom. The minimum atomic E-state index is -0.903. The third-order valence-corrected chi connectivity index (χ3v) is 2.47. The van der Waals surface area contributed by atoms with Crippen molar-refractivity contribution in [2.75, 3.05) is 6.61 Å². The molecule has 0 aliphatic rings. The molecule has 0 atom stereocenters. The summed E-state index contributed by atoms with van der Waals surface area (Å²) in [6.45, 7) is 2.21. The number of carbonyl (C=O) groups excluding carboxylic acids is 1. The highest BCUT2D eigenvalue weighted by Gasteiger charge is 2.13. The number of thiocarbonyl (C=S) groups is 1. The summed E-state index contributed by atoms with van der Waals surface area (Å²) in [6.07, 6.45) is 0.712. The lowest BCUT2D eigenvalue weighted by Gasteiger charge is -2.07. The predicted molar refractivity (Wildman–Crippen MR) is 73.0 cm³/mol. The SMILES string of the molecule is CCCCOC(=O)Oc1cc(N=C=S)c(F)cc1Cl. The van der Waals surface area contributed by atoms with Gasteiger partial charge >= 0.3 is 6.16 Å². The first-order valence-electron chi connectivity index (χ1n) is 5.50. The molecular formula is C12H11ClFNO3S. The first kappa shape index (κ1) is 15.6. The molecule has 0 heterocycles. The molecule has 0 amide bonds. The van der Waals surface area contributed by atoms with E-state index in [1.54, 1.807) is 0 Å². The van der Waals surface area contributed by atoms with E-state index in [2.05, 4.69) is 17.2 Å². The molecule has 0 aliphatic carbocycles. The molecule has 1 aromatic carbocycles. The molecule has 1 rings (SSSR count). The summed E-state index contributed by atoms with van der Waals surface area (Å²) in [6, 6.07) is 2.12. The summed E-state index contributed by atoms with van der Waals surface area (Å²) in [5, 5.41) is 1.96. The van der Waals surface area contributed by atoms with Crippen LogP contribution in [0.1, 0.15) is 19.8 Å². The van der Waals surface area contributed by atoms with Gasteiger partial charge < -0.3 is 9.47 Å². The lowest BCUT2D eigenvalue weighted by atomic mass is 10.3. The first-order chi connectivity index (χ1) is 9.08. The average molecular weight is 304 g/mol. The molecule has 0 saturated heterocycles. The lowest BCUT2D eigenvalue weighted by Crippen LogP contribution is -2.11. The molecule has 1 aromatic rings. The number of halogens is 2. The highest BCUT2D eigenvalue weighted by molar-refractivity contribution is 7.78. The van der Waals surface area contributed by atoms with Crippen LogP contribution in [0.3, 0.4) is 0 Å². The van der Waals surface area contributed by atoms with Crippen LogP contribution < -0.4 is 4.74 Å². The smallest absolute Gasteiger partial charge is 0.434 e. The number of hydrogen-bond donors (Lipinski definition) is 0. The number of isothiocyanates is 1. The second kappa shape index (κ2) is 7.84. The topological polar surface area (TPSA) is 47.9 Å². The molecule has 0 saturated carbocycles. The number of unbranched alkanes of at least 4 members (excludes halogenated alkanes) is 1. The number of hydrogen-bond acceptors (Lipinski definition) is 5. The van der Waals surface area contributed by atoms with Crippen molar-refractivity contribution >= 4 is 40.8 Å². The Balaban J connectivity index is 2.80. The molecular weight excluding hydrogens is 293 g/mol. The van der Waals surface area contributed by atoms with Gasteiger partial charge in [0.25, 0.3) is 0 Å². The third kappa shape index (κ3) is 4.95. The Labute approximate surface area is 120 Å². The van der Waals surface area contributed by atoms with Crippen LogP contribution in [0.5, 0.6) is 5.75 Å². The van der Waals surface area contributed by atoms with Crippen LogP contribution in [0.15, 0.2) is 17.1 Å². The van der Waals surface area contributed by atoms with Gasteiger partial charge in [-0.2, -0.15) is 4.99 Å². The Hall–Kier alpha value is -1.49. The van der Waals surface area contributed by atoms with Gasteiger partial charge in [-0.15, -0.1) is 0 Å². The van der Waals surface area contributed by atoms with Gasteiger partial charge in [-0.05, 0) is 24.7 Å². The molecule has 0 aromatic heterocycles. The summed E-state index contributed by atoms with van der Waals surface area (Å²) >= 11 is 10.1. The molecule has 0 aliphatic heterocycles. The molecule has 4 nitrogen and oxygen atoms in total. The standard InChI is InChI=1S/C12H11ClFNO3S/c1-2-3-4-17-12(16)18-11-6-10(15-7-19)9(14)5-8(11)13/h5-6H,2-4H2,1H3. The first-order valence-corrected chi connectivity index (χ1v) is 6.28. The van der Waals surface area contributed by atoms with Crippen molar-refractivity contribution in [3.05, 3.63) is 23.0 Å². The predicted octanol–water partition coefficient (Wildman–Crippen LogP) is 4.53. The van der Waals surface area contributed by atoms with Crippen molar-refractivity contribution in [2.24, 2.45) is 4.99 Å². The minimum absolute atomic E-state index is 0.0476. The van der Waals surface area contributed by atoms with E-state index in [0.29, 0.717) is 0 Å². The molecule has 0 radical (unpaired) electrons. The van der Waals surface area contributed by atoms with E-state index in [4.69, 9.17) is 21.1 Å². The monoisotopic (exact) mass is 303 g/mol.